The fraction of sp³-hybridized carbons (Fsp3) is 0.350. The van der Waals surface area contributed by atoms with Gasteiger partial charge in [0.05, 0.1) is 15.9 Å². The summed E-state index contributed by atoms with van der Waals surface area (Å²) in [5.41, 5.74) is 8.75. The molecule has 150 valence electrons. The van der Waals surface area contributed by atoms with Gasteiger partial charge in [0.1, 0.15) is 5.65 Å². The molecule has 1 aliphatic heterocycles. The van der Waals surface area contributed by atoms with Crippen molar-refractivity contribution >= 4 is 39.5 Å². The Morgan fingerprint density at radius 2 is 2.07 bits per heavy atom. The largest absolute Gasteiger partial charge is 0.345 e. The molecule has 0 radical (unpaired) electrons. The number of hydrogen-bond acceptors (Lipinski definition) is 5. The molecule has 3 N–H and O–H groups in total. The Labute approximate surface area is 171 Å². The minimum absolute atomic E-state index is 0.116. The number of aromatic nitrogens is 5. The molecule has 9 heteroatoms. The third-order valence-electron chi connectivity index (χ3n) is 5.71. The van der Waals surface area contributed by atoms with Gasteiger partial charge in [-0.2, -0.15) is 10.1 Å². The Balaban J connectivity index is 1.69. The number of halogens is 1. The van der Waals surface area contributed by atoms with E-state index < -0.39 is 0 Å². The highest BCUT2D eigenvalue weighted by atomic mass is 35.5. The van der Waals surface area contributed by atoms with Gasteiger partial charge in [0, 0.05) is 61.6 Å². The molecule has 0 amide bonds. The van der Waals surface area contributed by atoms with Crippen LogP contribution in [0.1, 0.15) is 13.3 Å². The summed E-state index contributed by atoms with van der Waals surface area (Å²) in [6.45, 7) is 3.46. The second-order valence-corrected chi connectivity index (χ2v) is 8.57. The number of rotatable bonds is 2. The second kappa shape index (κ2) is 6.08. The summed E-state index contributed by atoms with van der Waals surface area (Å²) in [4.78, 5) is 23.3. The molecular weight excluding hydrogens is 390 g/mol. The topological polar surface area (TPSA) is 97.8 Å². The first-order chi connectivity index (χ1) is 13.7. The van der Waals surface area contributed by atoms with E-state index in [4.69, 9.17) is 22.3 Å². The summed E-state index contributed by atoms with van der Waals surface area (Å²) in [6.07, 6.45) is 4.53. The number of hydrogen-bond donors (Lipinski definition) is 2. The number of aryl methyl sites for hydroxylation is 1. The van der Waals surface area contributed by atoms with Crippen LogP contribution in [-0.4, -0.2) is 42.9 Å². The molecule has 1 saturated heterocycles. The average Bonchev–Trinajstić information content (AvgIpc) is 3.35. The van der Waals surface area contributed by atoms with Crippen LogP contribution in [-0.2, 0) is 14.1 Å². The zero-order chi connectivity index (χ0) is 20.5. The van der Waals surface area contributed by atoms with E-state index in [-0.39, 0.29) is 11.1 Å². The third kappa shape index (κ3) is 2.74. The molecule has 0 saturated carbocycles. The molecule has 0 spiro atoms. The van der Waals surface area contributed by atoms with Crippen LogP contribution in [0.2, 0.25) is 5.02 Å². The van der Waals surface area contributed by atoms with E-state index in [1.54, 1.807) is 22.5 Å². The molecule has 1 aliphatic rings. The molecule has 0 bridgehead atoms. The Morgan fingerprint density at radius 3 is 2.79 bits per heavy atom. The molecule has 4 heterocycles. The van der Waals surface area contributed by atoms with Crippen LogP contribution < -0.4 is 16.2 Å². The number of H-pyrrole nitrogens is 1. The predicted molar refractivity (Wildman–Crippen MR) is 115 cm³/mol. The highest BCUT2D eigenvalue weighted by molar-refractivity contribution is 6.38. The first kappa shape index (κ1) is 18.2. The van der Waals surface area contributed by atoms with Crippen molar-refractivity contribution in [3.63, 3.8) is 0 Å². The zero-order valence-corrected chi connectivity index (χ0v) is 17.3. The maximum absolute atomic E-state index is 13.3. The summed E-state index contributed by atoms with van der Waals surface area (Å²) in [5.74, 6) is 0.624. The van der Waals surface area contributed by atoms with Gasteiger partial charge in [0.2, 0.25) is 5.95 Å². The maximum Gasteiger partial charge on any atom is 0.264 e. The van der Waals surface area contributed by atoms with Crippen molar-refractivity contribution in [2.75, 3.05) is 18.0 Å². The second-order valence-electron chi connectivity index (χ2n) is 8.19. The predicted octanol–water partition coefficient (Wildman–Crippen LogP) is 2.40. The minimum Gasteiger partial charge on any atom is -0.345 e. The molecule has 0 unspecified atom stereocenters. The van der Waals surface area contributed by atoms with Gasteiger partial charge in [0.15, 0.2) is 0 Å². The maximum atomic E-state index is 13.3. The van der Waals surface area contributed by atoms with E-state index in [1.165, 1.54) is 0 Å². The first-order valence-corrected chi connectivity index (χ1v) is 9.87. The van der Waals surface area contributed by atoms with Crippen LogP contribution in [0, 0.1) is 0 Å². The number of anilines is 1. The summed E-state index contributed by atoms with van der Waals surface area (Å²) in [7, 11) is 3.60. The highest BCUT2D eigenvalue weighted by Gasteiger charge is 2.32. The zero-order valence-electron chi connectivity index (χ0n) is 16.5. The van der Waals surface area contributed by atoms with Gasteiger partial charge in [-0.15, -0.1) is 0 Å². The quantitative estimate of drug-likeness (QED) is 0.527. The van der Waals surface area contributed by atoms with Crippen LogP contribution in [0.15, 0.2) is 29.3 Å². The van der Waals surface area contributed by atoms with Crippen molar-refractivity contribution in [2.45, 2.75) is 18.9 Å². The summed E-state index contributed by atoms with van der Waals surface area (Å²) in [5, 5.41) is 6.33. The van der Waals surface area contributed by atoms with Crippen LogP contribution in [0.25, 0.3) is 33.1 Å². The molecule has 1 atom stereocenters. The monoisotopic (exact) mass is 411 g/mol. The first-order valence-electron chi connectivity index (χ1n) is 9.49. The van der Waals surface area contributed by atoms with Gasteiger partial charge in [-0.3, -0.25) is 14.0 Å². The van der Waals surface area contributed by atoms with E-state index in [2.05, 4.69) is 15.0 Å². The lowest BCUT2D eigenvalue weighted by atomic mass is 10.0. The van der Waals surface area contributed by atoms with Crippen molar-refractivity contribution in [3.8, 4) is 11.1 Å². The smallest absolute Gasteiger partial charge is 0.264 e. The van der Waals surface area contributed by atoms with Gasteiger partial charge in [-0.1, -0.05) is 17.7 Å². The number of nitrogens with zero attached hydrogens (tertiary/aromatic N) is 5. The van der Waals surface area contributed by atoms with Crippen molar-refractivity contribution in [2.24, 2.45) is 19.8 Å². The van der Waals surface area contributed by atoms with E-state index >= 15 is 0 Å². The fourth-order valence-electron chi connectivity index (χ4n) is 4.19. The summed E-state index contributed by atoms with van der Waals surface area (Å²) in [6, 6.07) is 3.81. The van der Waals surface area contributed by atoms with Crippen LogP contribution in [0.5, 0.6) is 0 Å². The third-order valence-corrected chi connectivity index (χ3v) is 6.11. The lowest BCUT2D eigenvalue weighted by molar-refractivity contribution is 0.523. The number of nitrogens with two attached hydrogens (primary N) is 1. The van der Waals surface area contributed by atoms with Gasteiger partial charge in [-0.05, 0) is 19.4 Å². The Hall–Kier alpha value is -2.84. The summed E-state index contributed by atoms with van der Waals surface area (Å²) < 4.78 is 3.32. The van der Waals surface area contributed by atoms with Gasteiger partial charge < -0.3 is 15.6 Å². The van der Waals surface area contributed by atoms with Crippen molar-refractivity contribution in [1.82, 2.24) is 24.3 Å². The summed E-state index contributed by atoms with van der Waals surface area (Å²) >= 11 is 6.69. The lowest BCUT2D eigenvalue weighted by Crippen LogP contribution is -2.40. The molecule has 8 nitrogen and oxygen atoms in total. The highest BCUT2D eigenvalue weighted by Crippen LogP contribution is 2.36. The average molecular weight is 412 g/mol. The molecule has 3 aromatic heterocycles. The van der Waals surface area contributed by atoms with Crippen molar-refractivity contribution < 1.29 is 0 Å². The number of aromatic amines is 1. The normalized spacial score (nSPS) is 19.7. The van der Waals surface area contributed by atoms with E-state index in [0.29, 0.717) is 28.5 Å². The Kier molecular flexibility index (Phi) is 3.81. The Bertz CT molecular complexity index is 1330. The van der Waals surface area contributed by atoms with Crippen molar-refractivity contribution in [3.05, 3.63) is 39.9 Å². The van der Waals surface area contributed by atoms with Gasteiger partial charge in [-0.25, -0.2) is 0 Å². The van der Waals surface area contributed by atoms with Crippen LogP contribution >= 0.6 is 11.6 Å². The fourth-order valence-corrected chi connectivity index (χ4v) is 4.50. The SMILES string of the molecule is Cn1cc2c(Cl)c(-c3c[nH]c4nc(N5CC[C@@](C)(N)C5)n(C)c(=O)c34)ccc2n1. The van der Waals surface area contributed by atoms with E-state index in [0.717, 1.165) is 35.0 Å². The van der Waals surface area contributed by atoms with Gasteiger partial charge >= 0.3 is 0 Å². The Morgan fingerprint density at radius 1 is 1.28 bits per heavy atom. The number of fused-ring (bicyclic) bond motifs is 2. The minimum atomic E-state index is -0.278. The van der Waals surface area contributed by atoms with E-state index in [1.807, 2.05) is 32.3 Å². The van der Waals surface area contributed by atoms with E-state index in [9.17, 15) is 4.79 Å². The molecule has 0 aliphatic carbocycles. The molecule has 1 aromatic carbocycles. The number of benzene rings is 1. The molecule has 4 aromatic rings. The lowest BCUT2D eigenvalue weighted by Gasteiger charge is -2.22. The molecule has 29 heavy (non-hydrogen) atoms. The number of nitrogens with one attached hydrogen (secondary N) is 1. The standard InChI is InChI=1S/C20H22ClN7O/c1-20(22)6-7-28(10-20)19-24-17-15(18(29)27(19)3)12(8-23-17)11-4-5-14-13(16(11)21)9-26(2)25-14/h4-5,8-9,23H,6-7,10,22H2,1-3H3/t20-/m1/s1. The van der Waals surface area contributed by atoms with Crippen LogP contribution in [0.3, 0.4) is 0 Å². The van der Waals surface area contributed by atoms with Crippen LogP contribution in [0.4, 0.5) is 5.95 Å². The molecule has 5 rings (SSSR count). The molecule has 1 fully saturated rings. The van der Waals surface area contributed by atoms with Gasteiger partial charge in [0.25, 0.3) is 5.56 Å². The van der Waals surface area contributed by atoms with Crippen molar-refractivity contribution in [1.29, 1.82) is 0 Å². The molecular formula is C20H22ClN7O.